The smallest absolute Gasteiger partial charge is 0.243 e. The van der Waals surface area contributed by atoms with Gasteiger partial charge in [0.05, 0.1) is 30.9 Å². The molecule has 0 saturated carbocycles. The summed E-state index contributed by atoms with van der Waals surface area (Å²) in [6.07, 6.45) is -0.303. The number of benzene rings is 2. The van der Waals surface area contributed by atoms with Crippen LogP contribution in [0.4, 0.5) is 13.2 Å². The number of aromatic nitrogens is 3. The van der Waals surface area contributed by atoms with Gasteiger partial charge in [0.2, 0.25) is 11.8 Å². The highest BCUT2D eigenvalue weighted by atomic mass is 19.1. The van der Waals surface area contributed by atoms with E-state index in [0.29, 0.717) is 11.3 Å². The maximum atomic E-state index is 14.8. The average Bonchev–Trinajstić information content (AvgIpc) is 3.46. The highest BCUT2D eigenvalue weighted by molar-refractivity contribution is 5.89. The van der Waals surface area contributed by atoms with Crippen LogP contribution in [-0.4, -0.2) is 50.9 Å². The van der Waals surface area contributed by atoms with E-state index in [4.69, 9.17) is 0 Å². The van der Waals surface area contributed by atoms with Crippen molar-refractivity contribution in [2.24, 2.45) is 0 Å². The van der Waals surface area contributed by atoms with Crippen LogP contribution < -0.4 is 5.32 Å². The fraction of sp³-hybridized carbons (Fsp3) is 0.360. The molecule has 1 unspecified atom stereocenters. The number of alkyl halides is 1. The van der Waals surface area contributed by atoms with Crippen LogP contribution in [0.3, 0.4) is 0 Å². The first-order valence-corrected chi connectivity index (χ1v) is 11.4. The summed E-state index contributed by atoms with van der Waals surface area (Å²) in [7, 11) is 0. The minimum atomic E-state index is -1.37. The van der Waals surface area contributed by atoms with Crippen molar-refractivity contribution in [2.75, 3.05) is 6.54 Å². The van der Waals surface area contributed by atoms with Gasteiger partial charge in [0, 0.05) is 12.0 Å². The maximum absolute atomic E-state index is 14.8. The molecule has 1 aliphatic heterocycles. The Balaban J connectivity index is 1.62. The zero-order valence-corrected chi connectivity index (χ0v) is 19.3. The second-order valence-electron chi connectivity index (χ2n) is 8.94. The number of nitrogens with zero attached hydrogens (tertiary/aromatic N) is 3. The van der Waals surface area contributed by atoms with Gasteiger partial charge in [0.15, 0.2) is 0 Å². The van der Waals surface area contributed by atoms with Gasteiger partial charge in [-0.05, 0) is 29.2 Å². The molecule has 3 atom stereocenters. The molecule has 0 bridgehead atoms. The van der Waals surface area contributed by atoms with Crippen LogP contribution in [0.5, 0.6) is 0 Å². The highest BCUT2D eigenvalue weighted by Crippen LogP contribution is 2.30. The Labute approximate surface area is 200 Å². The van der Waals surface area contributed by atoms with E-state index >= 15 is 0 Å². The van der Waals surface area contributed by atoms with Crippen molar-refractivity contribution in [1.29, 1.82) is 0 Å². The lowest BCUT2D eigenvalue weighted by Crippen LogP contribution is -2.47. The van der Waals surface area contributed by atoms with Gasteiger partial charge in [-0.1, -0.05) is 44.2 Å². The van der Waals surface area contributed by atoms with Gasteiger partial charge < -0.3 is 10.2 Å². The molecule has 1 aromatic heterocycles. The lowest BCUT2D eigenvalue weighted by molar-refractivity contribution is -0.138. The molecule has 2 heterocycles. The van der Waals surface area contributed by atoms with Crippen LogP contribution >= 0.6 is 0 Å². The van der Waals surface area contributed by atoms with Crippen molar-refractivity contribution in [3.63, 3.8) is 0 Å². The van der Waals surface area contributed by atoms with Gasteiger partial charge in [-0.25, -0.2) is 13.2 Å². The van der Waals surface area contributed by atoms with Crippen LogP contribution in [0.15, 0.2) is 48.7 Å². The van der Waals surface area contributed by atoms with E-state index in [-0.39, 0.29) is 36.4 Å². The molecule has 35 heavy (non-hydrogen) atoms. The number of carbonyl (C=O) groups excluding carboxylic acids is 2. The molecule has 4 rings (SSSR count). The molecule has 0 radical (unpaired) electrons. The molecule has 1 fully saturated rings. The van der Waals surface area contributed by atoms with E-state index in [1.807, 2.05) is 0 Å². The second-order valence-corrected chi connectivity index (χ2v) is 8.94. The van der Waals surface area contributed by atoms with Gasteiger partial charge in [0.1, 0.15) is 23.8 Å². The third-order valence-electron chi connectivity index (χ3n) is 6.10. The zero-order valence-electron chi connectivity index (χ0n) is 19.3. The molecule has 2 N–H and O–H groups in total. The number of halogens is 3. The normalized spacial score (nSPS) is 18.6. The Morgan fingerprint density at radius 2 is 1.83 bits per heavy atom. The number of rotatable bonds is 7. The van der Waals surface area contributed by atoms with Crippen molar-refractivity contribution in [3.8, 4) is 0 Å². The largest absolute Gasteiger partial charge is 0.343 e. The molecule has 1 saturated heterocycles. The summed E-state index contributed by atoms with van der Waals surface area (Å²) < 4.78 is 43.9. The molecule has 2 aromatic carbocycles. The lowest BCUT2D eigenvalue weighted by Gasteiger charge is -2.27. The number of carbonyl (C=O) groups is 2. The van der Waals surface area contributed by atoms with Gasteiger partial charge in [-0.15, -0.1) is 0 Å². The maximum Gasteiger partial charge on any atom is 0.243 e. The number of hydrogen-bond acceptors (Lipinski definition) is 4. The standard InChI is InChI=1S/C25H26F3N5O2/c1-14(2)23-19(27)8-16(9-20(23)28)24(15-6-4-3-5-7-15)30-25(35)21-10-17(26)13-33(21)22(34)11-18-12-29-32-31-18/h3-9,12,14,17,21,24H,10-11,13H2,1-2H3,(H,30,35)(H,29,31,32)/t17-,21+,24?/m1/s1. The SMILES string of the molecule is CC(C)c1c(F)cc(C(NC(=O)[C@@H]2C[C@@H](F)CN2C(=O)Cc2cn[nH]n2)c2ccccc2)cc1F. The van der Waals surface area contributed by atoms with Crippen LogP contribution in [0.2, 0.25) is 0 Å². The number of nitrogens with one attached hydrogen (secondary N) is 2. The Hall–Kier alpha value is -3.69. The third kappa shape index (κ3) is 5.36. The molecule has 0 spiro atoms. The van der Waals surface area contributed by atoms with Crippen LogP contribution in [0.25, 0.3) is 0 Å². The fourth-order valence-electron chi connectivity index (χ4n) is 4.44. The molecule has 1 aliphatic rings. The van der Waals surface area contributed by atoms with E-state index < -0.39 is 41.7 Å². The van der Waals surface area contributed by atoms with E-state index in [0.717, 1.165) is 0 Å². The summed E-state index contributed by atoms with van der Waals surface area (Å²) in [5.74, 6) is -2.85. The van der Waals surface area contributed by atoms with Crippen LogP contribution in [-0.2, 0) is 16.0 Å². The number of H-pyrrole nitrogens is 1. The first kappa shape index (κ1) is 24.4. The van der Waals surface area contributed by atoms with Gasteiger partial charge in [-0.3, -0.25) is 9.59 Å². The summed E-state index contributed by atoms with van der Waals surface area (Å²) in [6.45, 7) is 3.16. The van der Waals surface area contributed by atoms with Crippen LogP contribution in [0.1, 0.15) is 54.6 Å². The van der Waals surface area contributed by atoms with Gasteiger partial charge in [-0.2, -0.15) is 15.4 Å². The van der Waals surface area contributed by atoms with E-state index in [9.17, 15) is 22.8 Å². The molecule has 3 aromatic rings. The molecule has 10 heteroatoms. The first-order valence-electron chi connectivity index (χ1n) is 11.4. The van der Waals surface area contributed by atoms with Gasteiger partial charge >= 0.3 is 0 Å². The molecule has 0 aliphatic carbocycles. The monoisotopic (exact) mass is 485 g/mol. The van der Waals surface area contributed by atoms with Gasteiger partial charge in [0.25, 0.3) is 0 Å². The van der Waals surface area contributed by atoms with E-state index in [1.165, 1.54) is 23.2 Å². The fourth-order valence-corrected chi connectivity index (χ4v) is 4.44. The summed E-state index contributed by atoms with van der Waals surface area (Å²) in [5, 5.41) is 12.7. The molecule has 184 valence electrons. The summed E-state index contributed by atoms with van der Waals surface area (Å²) in [4.78, 5) is 27.3. The Morgan fingerprint density at radius 3 is 2.43 bits per heavy atom. The number of aromatic amines is 1. The predicted octanol–water partition coefficient (Wildman–Crippen LogP) is 3.59. The summed E-state index contributed by atoms with van der Waals surface area (Å²) in [6, 6.07) is 9.14. The average molecular weight is 486 g/mol. The topological polar surface area (TPSA) is 91.0 Å². The Bertz CT molecular complexity index is 1160. The molecule has 7 nitrogen and oxygen atoms in total. The Kier molecular flexibility index (Phi) is 7.18. The second kappa shape index (κ2) is 10.3. The van der Waals surface area contributed by atoms with Crippen molar-refractivity contribution in [1.82, 2.24) is 25.6 Å². The van der Waals surface area contributed by atoms with Crippen LogP contribution in [0, 0.1) is 11.6 Å². The summed E-state index contributed by atoms with van der Waals surface area (Å²) >= 11 is 0. The molecular formula is C25H26F3N5O2. The minimum Gasteiger partial charge on any atom is -0.343 e. The van der Waals surface area contributed by atoms with Crippen molar-refractivity contribution in [2.45, 2.75) is 50.9 Å². The minimum absolute atomic E-state index is 0.0346. The Morgan fingerprint density at radius 1 is 1.14 bits per heavy atom. The van der Waals surface area contributed by atoms with E-state index in [2.05, 4.69) is 20.7 Å². The molecule has 2 amide bonds. The van der Waals surface area contributed by atoms with E-state index in [1.54, 1.807) is 44.2 Å². The number of likely N-dealkylation sites (tertiary alicyclic amines) is 1. The van der Waals surface area contributed by atoms with Crippen molar-refractivity contribution < 1.29 is 22.8 Å². The number of hydrogen-bond donors (Lipinski definition) is 2. The van der Waals surface area contributed by atoms with Crippen molar-refractivity contribution >= 4 is 11.8 Å². The summed E-state index contributed by atoms with van der Waals surface area (Å²) in [5.41, 5.74) is 1.13. The lowest BCUT2D eigenvalue weighted by atomic mass is 9.93. The highest BCUT2D eigenvalue weighted by Gasteiger charge is 2.40. The first-order chi connectivity index (χ1) is 16.7. The number of amides is 2. The quantitative estimate of drug-likeness (QED) is 0.535. The third-order valence-corrected chi connectivity index (χ3v) is 6.10. The predicted molar refractivity (Wildman–Crippen MR) is 122 cm³/mol. The zero-order chi connectivity index (χ0) is 25.1. The van der Waals surface area contributed by atoms with Crippen molar-refractivity contribution in [3.05, 3.63) is 82.7 Å². The molecular weight excluding hydrogens is 459 g/mol.